The quantitative estimate of drug-likeness (QED) is 0.908. The SMILES string of the molecule is C[C@@H](CC(=O)NC(C)(C)c1ccccn1)c1ccc(F)c(F)c1. The minimum Gasteiger partial charge on any atom is -0.346 e. The minimum absolute atomic E-state index is 0.169. The van der Waals surface area contributed by atoms with Gasteiger partial charge in [-0.15, -0.1) is 0 Å². The lowest BCUT2D eigenvalue weighted by atomic mass is 9.95. The van der Waals surface area contributed by atoms with Gasteiger partial charge in [0, 0.05) is 12.6 Å². The third-order valence-electron chi connectivity index (χ3n) is 3.76. The molecule has 0 aliphatic carbocycles. The van der Waals surface area contributed by atoms with Crippen molar-refractivity contribution in [3.05, 3.63) is 65.5 Å². The van der Waals surface area contributed by atoms with Gasteiger partial charge in [-0.25, -0.2) is 8.78 Å². The van der Waals surface area contributed by atoms with Crippen LogP contribution in [0.2, 0.25) is 0 Å². The number of amides is 1. The normalized spacial score (nSPS) is 12.7. The van der Waals surface area contributed by atoms with Gasteiger partial charge in [-0.2, -0.15) is 0 Å². The first-order valence-corrected chi connectivity index (χ1v) is 7.47. The molecule has 2 rings (SSSR count). The Kier molecular flexibility index (Phi) is 5.08. The topological polar surface area (TPSA) is 42.0 Å². The van der Waals surface area contributed by atoms with Gasteiger partial charge in [0.2, 0.25) is 5.91 Å². The molecule has 0 spiro atoms. The molecule has 0 radical (unpaired) electrons. The van der Waals surface area contributed by atoms with Crippen molar-refractivity contribution in [2.75, 3.05) is 0 Å². The standard InChI is InChI=1S/C18H20F2N2O/c1-12(13-7-8-14(19)15(20)11-13)10-17(23)22-18(2,3)16-6-4-5-9-21-16/h4-9,11-12H,10H2,1-3H3,(H,22,23)/t12-/m0/s1. The molecule has 1 aromatic heterocycles. The van der Waals surface area contributed by atoms with Gasteiger partial charge >= 0.3 is 0 Å². The molecular weight excluding hydrogens is 298 g/mol. The van der Waals surface area contributed by atoms with E-state index in [4.69, 9.17) is 0 Å². The summed E-state index contributed by atoms with van der Waals surface area (Å²) in [6, 6.07) is 9.24. The van der Waals surface area contributed by atoms with E-state index in [-0.39, 0.29) is 18.2 Å². The Labute approximate surface area is 134 Å². The van der Waals surface area contributed by atoms with Crippen molar-refractivity contribution in [2.24, 2.45) is 0 Å². The number of carbonyl (C=O) groups is 1. The highest BCUT2D eigenvalue weighted by molar-refractivity contribution is 5.77. The van der Waals surface area contributed by atoms with Crippen molar-refractivity contribution < 1.29 is 13.6 Å². The number of benzene rings is 1. The van der Waals surface area contributed by atoms with Gasteiger partial charge in [-0.1, -0.05) is 19.1 Å². The lowest BCUT2D eigenvalue weighted by Crippen LogP contribution is -2.41. The molecule has 0 fully saturated rings. The van der Waals surface area contributed by atoms with E-state index in [0.717, 1.165) is 17.8 Å². The summed E-state index contributed by atoms with van der Waals surface area (Å²) < 4.78 is 26.3. The zero-order valence-electron chi connectivity index (χ0n) is 13.4. The van der Waals surface area contributed by atoms with E-state index in [1.54, 1.807) is 13.1 Å². The fourth-order valence-corrected chi connectivity index (χ4v) is 2.41. The highest BCUT2D eigenvalue weighted by Crippen LogP contribution is 2.23. The number of aromatic nitrogens is 1. The molecule has 1 atom stereocenters. The number of pyridine rings is 1. The van der Waals surface area contributed by atoms with Crippen LogP contribution in [0.25, 0.3) is 0 Å². The second-order valence-electron chi connectivity index (χ2n) is 6.17. The summed E-state index contributed by atoms with van der Waals surface area (Å²) in [7, 11) is 0. The monoisotopic (exact) mass is 318 g/mol. The molecule has 0 bridgehead atoms. The number of halogens is 2. The smallest absolute Gasteiger partial charge is 0.221 e. The van der Waals surface area contributed by atoms with Gasteiger partial charge in [0.25, 0.3) is 0 Å². The van der Waals surface area contributed by atoms with Crippen LogP contribution in [0.1, 0.15) is 44.4 Å². The molecule has 2 aromatic rings. The van der Waals surface area contributed by atoms with Crippen molar-refractivity contribution in [3.8, 4) is 0 Å². The maximum Gasteiger partial charge on any atom is 0.221 e. The zero-order chi connectivity index (χ0) is 17.0. The predicted molar refractivity (Wildman–Crippen MR) is 84.8 cm³/mol. The molecule has 1 amide bonds. The number of hydrogen-bond donors (Lipinski definition) is 1. The number of nitrogens with one attached hydrogen (secondary N) is 1. The van der Waals surface area contributed by atoms with Crippen molar-refractivity contribution >= 4 is 5.91 Å². The van der Waals surface area contributed by atoms with Crippen LogP contribution in [0.4, 0.5) is 8.78 Å². The molecular formula is C18H20F2N2O. The maximum atomic E-state index is 13.3. The highest BCUT2D eigenvalue weighted by Gasteiger charge is 2.25. The van der Waals surface area contributed by atoms with Crippen molar-refractivity contribution in [1.29, 1.82) is 0 Å². The Morgan fingerprint density at radius 3 is 2.57 bits per heavy atom. The van der Waals surface area contributed by atoms with E-state index < -0.39 is 17.2 Å². The molecule has 3 nitrogen and oxygen atoms in total. The number of nitrogens with zero attached hydrogens (tertiary/aromatic N) is 1. The van der Waals surface area contributed by atoms with Crippen LogP contribution >= 0.6 is 0 Å². The van der Waals surface area contributed by atoms with Crippen LogP contribution in [-0.4, -0.2) is 10.9 Å². The van der Waals surface area contributed by atoms with Gasteiger partial charge in [0.15, 0.2) is 11.6 Å². The molecule has 0 saturated carbocycles. The van der Waals surface area contributed by atoms with Crippen LogP contribution in [0, 0.1) is 11.6 Å². The van der Waals surface area contributed by atoms with E-state index in [2.05, 4.69) is 10.3 Å². The van der Waals surface area contributed by atoms with E-state index in [9.17, 15) is 13.6 Å². The molecule has 23 heavy (non-hydrogen) atoms. The first-order chi connectivity index (χ1) is 10.8. The highest BCUT2D eigenvalue weighted by atomic mass is 19.2. The number of rotatable bonds is 5. The maximum absolute atomic E-state index is 13.3. The van der Waals surface area contributed by atoms with Gasteiger partial charge < -0.3 is 5.32 Å². The predicted octanol–water partition coefficient (Wildman–Crippen LogP) is 3.90. The number of hydrogen-bond acceptors (Lipinski definition) is 2. The molecule has 5 heteroatoms. The first kappa shape index (κ1) is 17.1. The molecule has 0 saturated heterocycles. The molecule has 1 aromatic carbocycles. The summed E-state index contributed by atoms with van der Waals surface area (Å²) in [6.45, 7) is 5.55. The molecule has 122 valence electrons. The van der Waals surface area contributed by atoms with E-state index in [1.165, 1.54) is 6.07 Å². The second-order valence-corrected chi connectivity index (χ2v) is 6.17. The third-order valence-corrected chi connectivity index (χ3v) is 3.76. The summed E-state index contributed by atoms with van der Waals surface area (Å²) in [5.41, 5.74) is 0.745. The van der Waals surface area contributed by atoms with Crippen LogP contribution < -0.4 is 5.32 Å². The molecule has 1 N–H and O–H groups in total. The van der Waals surface area contributed by atoms with Gasteiger partial charge in [0.1, 0.15) is 0 Å². The molecule has 0 aliphatic rings. The van der Waals surface area contributed by atoms with Crippen LogP contribution in [0.3, 0.4) is 0 Å². The third kappa shape index (κ3) is 4.34. The summed E-state index contributed by atoms with van der Waals surface area (Å²) in [5.74, 6) is -2.17. The van der Waals surface area contributed by atoms with Crippen LogP contribution in [0.15, 0.2) is 42.6 Å². The molecule has 0 aliphatic heterocycles. The Bertz CT molecular complexity index is 687. The fraction of sp³-hybridized carbons (Fsp3) is 0.333. The van der Waals surface area contributed by atoms with E-state index in [1.807, 2.05) is 32.0 Å². The van der Waals surface area contributed by atoms with Gasteiger partial charge in [-0.3, -0.25) is 9.78 Å². The van der Waals surface area contributed by atoms with Crippen molar-refractivity contribution in [1.82, 2.24) is 10.3 Å². The fourth-order valence-electron chi connectivity index (χ4n) is 2.41. The summed E-state index contributed by atoms with van der Waals surface area (Å²) in [6.07, 6.45) is 1.86. The second kappa shape index (κ2) is 6.86. The van der Waals surface area contributed by atoms with Gasteiger partial charge in [-0.05, 0) is 49.6 Å². The Morgan fingerprint density at radius 2 is 1.96 bits per heavy atom. The Morgan fingerprint density at radius 1 is 1.22 bits per heavy atom. The molecule has 0 unspecified atom stereocenters. The lowest BCUT2D eigenvalue weighted by molar-refractivity contribution is -0.123. The minimum atomic E-state index is -0.899. The van der Waals surface area contributed by atoms with E-state index >= 15 is 0 Å². The Balaban J connectivity index is 2.02. The van der Waals surface area contributed by atoms with Crippen LogP contribution in [-0.2, 0) is 10.3 Å². The largest absolute Gasteiger partial charge is 0.346 e. The van der Waals surface area contributed by atoms with Crippen LogP contribution in [0.5, 0.6) is 0 Å². The van der Waals surface area contributed by atoms with E-state index in [0.29, 0.717) is 5.56 Å². The lowest BCUT2D eigenvalue weighted by Gasteiger charge is -2.26. The zero-order valence-corrected chi connectivity index (χ0v) is 13.4. The summed E-state index contributed by atoms with van der Waals surface area (Å²) in [5, 5.41) is 2.93. The molecule has 1 heterocycles. The first-order valence-electron chi connectivity index (χ1n) is 7.47. The summed E-state index contributed by atoms with van der Waals surface area (Å²) in [4.78, 5) is 16.5. The van der Waals surface area contributed by atoms with Gasteiger partial charge in [0.05, 0.1) is 11.2 Å². The van der Waals surface area contributed by atoms with Crippen molar-refractivity contribution in [2.45, 2.75) is 38.6 Å². The average molecular weight is 318 g/mol. The number of carbonyl (C=O) groups excluding carboxylic acids is 1. The summed E-state index contributed by atoms with van der Waals surface area (Å²) >= 11 is 0. The van der Waals surface area contributed by atoms with Crippen molar-refractivity contribution in [3.63, 3.8) is 0 Å². The Hall–Kier alpha value is -2.30. The average Bonchev–Trinajstić information content (AvgIpc) is 2.50.